The van der Waals surface area contributed by atoms with E-state index in [1.807, 2.05) is 0 Å². The molecule has 0 saturated carbocycles. The van der Waals surface area contributed by atoms with Gasteiger partial charge in [-0.25, -0.2) is 0 Å². The van der Waals surface area contributed by atoms with Crippen molar-refractivity contribution in [2.24, 2.45) is 11.3 Å². The van der Waals surface area contributed by atoms with Gasteiger partial charge in [0.2, 0.25) is 0 Å². The average Bonchev–Trinajstić information content (AvgIpc) is 1.95. The minimum Gasteiger partial charge on any atom is -0.380 e. The maximum Gasteiger partial charge on any atom is 0.0743 e. The molecule has 0 heterocycles. The zero-order valence-corrected chi connectivity index (χ0v) is 9.98. The number of nitrogens with one attached hydrogen (secondary N) is 1. The molecule has 0 aromatic rings. The van der Waals surface area contributed by atoms with Crippen LogP contribution >= 0.6 is 0 Å². The Hall–Kier alpha value is -0.0800. The molecule has 0 fully saturated rings. The molecule has 0 aromatic heterocycles. The Balaban J connectivity index is 3.73. The van der Waals surface area contributed by atoms with Crippen LogP contribution < -0.4 is 5.32 Å². The van der Waals surface area contributed by atoms with Crippen LogP contribution in [0.4, 0.5) is 0 Å². The first kappa shape index (κ1) is 12.9. The summed E-state index contributed by atoms with van der Waals surface area (Å²) in [5, 5.41) is 3.42. The van der Waals surface area contributed by atoms with E-state index in [4.69, 9.17) is 4.74 Å². The molecule has 1 atom stereocenters. The number of methoxy groups -OCH3 is 1. The van der Waals surface area contributed by atoms with Gasteiger partial charge in [0, 0.05) is 13.7 Å². The number of hydrogen-bond donors (Lipinski definition) is 1. The van der Waals surface area contributed by atoms with Crippen molar-refractivity contribution in [3.63, 3.8) is 0 Å². The normalized spacial score (nSPS) is 15.0. The van der Waals surface area contributed by atoms with E-state index in [1.165, 1.54) is 0 Å². The molecule has 0 spiro atoms. The molecule has 80 valence electrons. The Morgan fingerprint density at radius 1 is 1.15 bits per heavy atom. The van der Waals surface area contributed by atoms with Crippen molar-refractivity contribution >= 4 is 0 Å². The maximum absolute atomic E-state index is 5.43. The lowest BCUT2D eigenvalue weighted by molar-refractivity contribution is 0.0172. The highest BCUT2D eigenvalue weighted by Crippen LogP contribution is 2.20. The molecule has 0 saturated heterocycles. The van der Waals surface area contributed by atoms with Crippen LogP contribution in [0.3, 0.4) is 0 Å². The zero-order chi connectivity index (χ0) is 10.5. The third kappa shape index (κ3) is 6.05. The molecular formula is C11H25NO. The highest BCUT2D eigenvalue weighted by molar-refractivity contribution is 4.76. The van der Waals surface area contributed by atoms with Gasteiger partial charge in [-0.2, -0.15) is 0 Å². The molecule has 13 heavy (non-hydrogen) atoms. The van der Waals surface area contributed by atoms with Gasteiger partial charge in [0.15, 0.2) is 0 Å². The van der Waals surface area contributed by atoms with E-state index >= 15 is 0 Å². The quantitative estimate of drug-likeness (QED) is 0.713. The monoisotopic (exact) mass is 187 g/mol. The van der Waals surface area contributed by atoms with Gasteiger partial charge < -0.3 is 10.1 Å². The van der Waals surface area contributed by atoms with Gasteiger partial charge in [-0.05, 0) is 17.9 Å². The van der Waals surface area contributed by atoms with Crippen LogP contribution in [0.1, 0.15) is 34.6 Å². The lowest BCUT2D eigenvalue weighted by Crippen LogP contribution is -2.39. The SMILES string of the molecule is COC(CNCC(C)C)C(C)(C)C. The van der Waals surface area contributed by atoms with Crippen LogP contribution in [0.15, 0.2) is 0 Å². The first-order valence-electron chi connectivity index (χ1n) is 5.11. The van der Waals surface area contributed by atoms with Gasteiger partial charge in [-0.15, -0.1) is 0 Å². The summed E-state index contributed by atoms with van der Waals surface area (Å²) in [6, 6.07) is 0. The third-order valence-electron chi connectivity index (χ3n) is 2.13. The Bertz CT molecular complexity index is 127. The summed E-state index contributed by atoms with van der Waals surface area (Å²) < 4.78 is 5.43. The number of hydrogen-bond acceptors (Lipinski definition) is 2. The van der Waals surface area contributed by atoms with Gasteiger partial charge in [-0.1, -0.05) is 34.6 Å². The van der Waals surface area contributed by atoms with E-state index in [0.717, 1.165) is 13.1 Å². The maximum atomic E-state index is 5.43. The second kappa shape index (κ2) is 5.61. The molecule has 0 aliphatic rings. The summed E-state index contributed by atoms with van der Waals surface area (Å²) in [5.74, 6) is 0.706. The van der Waals surface area contributed by atoms with Crippen molar-refractivity contribution in [1.82, 2.24) is 5.32 Å². The molecule has 0 aliphatic carbocycles. The molecule has 0 aliphatic heterocycles. The third-order valence-corrected chi connectivity index (χ3v) is 2.13. The van der Waals surface area contributed by atoms with Crippen molar-refractivity contribution in [3.05, 3.63) is 0 Å². The average molecular weight is 187 g/mol. The van der Waals surface area contributed by atoms with Gasteiger partial charge in [-0.3, -0.25) is 0 Å². The Labute approximate surface area is 83.1 Å². The van der Waals surface area contributed by atoms with E-state index in [9.17, 15) is 0 Å². The summed E-state index contributed by atoms with van der Waals surface area (Å²) >= 11 is 0. The van der Waals surface area contributed by atoms with Crippen LogP contribution in [0, 0.1) is 11.3 Å². The van der Waals surface area contributed by atoms with Gasteiger partial charge in [0.05, 0.1) is 6.10 Å². The summed E-state index contributed by atoms with van der Waals surface area (Å²) in [4.78, 5) is 0. The molecular weight excluding hydrogens is 162 g/mol. The Kier molecular flexibility index (Phi) is 5.57. The summed E-state index contributed by atoms with van der Waals surface area (Å²) in [6.07, 6.45) is 0.297. The molecule has 1 N–H and O–H groups in total. The Morgan fingerprint density at radius 3 is 2.00 bits per heavy atom. The zero-order valence-electron chi connectivity index (χ0n) is 9.98. The van der Waals surface area contributed by atoms with E-state index in [1.54, 1.807) is 7.11 Å². The Morgan fingerprint density at radius 2 is 1.69 bits per heavy atom. The van der Waals surface area contributed by atoms with Crippen molar-refractivity contribution in [2.75, 3.05) is 20.2 Å². The predicted molar refractivity (Wildman–Crippen MR) is 58.0 cm³/mol. The van der Waals surface area contributed by atoms with Gasteiger partial charge in [0.25, 0.3) is 0 Å². The molecule has 0 radical (unpaired) electrons. The van der Waals surface area contributed by atoms with Gasteiger partial charge >= 0.3 is 0 Å². The molecule has 0 rings (SSSR count). The minimum atomic E-state index is 0.221. The molecule has 2 heteroatoms. The fraction of sp³-hybridized carbons (Fsp3) is 1.00. The number of ether oxygens (including phenoxy) is 1. The molecule has 2 nitrogen and oxygen atoms in total. The minimum absolute atomic E-state index is 0.221. The smallest absolute Gasteiger partial charge is 0.0743 e. The molecule has 0 bridgehead atoms. The highest BCUT2D eigenvalue weighted by Gasteiger charge is 2.23. The standard InChI is InChI=1S/C11H25NO/c1-9(2)7-12-8-10(13-6)11(3,4)5/h9-10,12H,7-8H2,1-6H3. The van der Waals surface area contributed by atoms with Crippen LogP contribution in [-0.2, 0) is 4.74 Å². The van der Waals surface area contributed by atoms with E-state index in [2.05, 4.69) is 39.9 Å². The van der Waals surface area contributed by atoms with Crippen LogP contribution in [-0.4, -0.2) is 26.3 Å². The molecule has 0 aromatic carbocycles. The van der Waals surface area contributed by atoms with Crippen molar-refractivity contribution in [2.45, 2.75) is 40.7 Å². The van der Waals surface area contributed by atoms with Crippen molar-refractivity contribution in [1.29, 1.82) is 0 Å². The lowest BCUT2D eigenvalue weighted by Gasteiger charge is -2.29. The van der Waals surface area contributed by atoms with E-state index in [-0.39, 0.29) is 5.41 Å². The second-order valence-corrected chi connectivity index (χ2v) is 5.14. The van der Waals surface area contributed by atoms with Crippen molar-refractivity contribution < 1.29 is 4.74 Å². The number of rotatable bonds is 5. The van der Waals surface area contributed by atoms with Crippen LogP contribution in [0.2, 0.25) is 0 Å². The van der Waals surface area contributed by atoms with E-state index < -0.39 is 0 Å². The first-order chi connectivity index (χ1) is 5.88. The summed E-state index contributed by atoms with van der Waals surface area (Å²) in [6.45, 7) is 13.1. The largest absolute Gasteiger partial charge is 0.380 e. The predicted octanol–water partition coefficient (Wildman–Crippen LogP) is 2.29. The second-order valence-electron chi connectivity index (χ2n) is 5.14. The lowest BCUT2D eigenvalue weighted by atomic mass is 9.89. The van der Waals surface area contributed by atoms with Crippen LogP contribution in [0.5, 0.6) is 0 Å². The van der Waals surface area contributed by atoms with Gasteiger partial charge in [0.1, 0.15) is 0 Å². The topological polar surface area (TPSA) is 21.3 Å². The van der Waals surface area contributed by atoms with Crippen LogP contribution in [0.25, 0.3) is 0 Å². The first-order valence-corrected chi connectivity index (χ1v) is 5.11. The molecule has 0 amide bonds. The van der Waals surface area contributed by atoms with Crippen molar-refractivity contribution in [3.8, 4) is 0 Å². The summed E-state index contributed by atoms with van der Waals surface area (Å²) in [5.41, 5.74) is 0.221. The summed E-state index contributed by atoms with van der Waals surface area (Å²) in [7, 11) is 1.78. The fourth-order valence-corrected chi connectivity index (χ4v) is 1.25. The highest BCUT2D eigenvalue weighted by atomic mass is 16.5. The molecule has 1 unspecified atom stereocenters. The fourth-order valence-electron chi connectivity index (χ4n) is 1.25. The van der Waals surface area contributed by atoms with E-state index in [0.29, 0.717) is 12.0 Å².